The Labute approximate surface area is 120 Å². The molecule has 0 spiro atoms. The van der Waals surface area contributed by atoms with Crippen molar-refractivity contribution >= 4 is 24.2 Å². The maximum Gasteiger partial charge on any atom is 0.241 e. The number of carbonyl (C=O) groups excluding carboxylic acids is 2. The third-order valence-corrected chi connectivity index (χ3v) is 4.05. The molecule has 0 aliphatic carbocycles. The molecule has 0 radical (unpaired) electrons. The van der Waals surface area contributed by atoms with E-state index in [1.54, 1.807) is 0 Å². The Bertz CT molecular complexity index is 311. The van der Waals surface area contributed by atoms with Gasteiger partial charge in [-0.15, -0.1) is 12.4 Å². The van der Waals surface area contributed by atoms with Gasteiger partial charge in [-0.1, -0.05) is 0 Å². The molecule has 0 aromatic heterocycles. The second-order valence-corrected chi connectivity index (χ2v) is 5.33. The van der Waals surface area contributed by atoms with Gasteiger partial charge in [-0.2, -0.15) is 0 Å². The first kappa shape index (κ1) is 16.2. The van der Waals surface area contributed by atoms with Crippen molar-refractivity contribution in [1.29, 1.82) is 0 Å². The van der Waals surface area contributed by atoms with Crippen molar-refractivity contribution in [2.45, 2.75) is 38.6 Å². The monoisotopic (exact) mass is 289 g/mol. The van der Waals surface area contributed by atoms with Gasteiger partial charge in [-0.25, -0.2) is 0 Å². The van der Waals surface area contributed by atoms with Gasteiger partial charge >= 0.3 is 0 Å². The van der Waals surface area contributed by atoms with E-state index >= 15 is 0 Å². The average Bonchev–Trinajstić information content (AvgIpc) is 2.90. The van der Waals surface area contributed by atoms with E-state index in [2.05, 4.69) is 10.6 Å². The highest BCUT2D eigenvalue weighted by molar-refractivity contribution is 5.85. The zero-order chi connectivity index (χ0) is 13.0. The molecule has 0 saturated carbocycles. The molecule has 2 N–H and O–H groups in total. The molecule has 2 aliphatic heterocycles. The SMILES string of the molecule is CC(=O)NCC(=O)N1CCC(C2CCCN2)CC1.Cl. The molecule has 0 aromatic rings. The molecule has 1 unspecified atom stereocenters. The lowest BCUT2D eigenvalue weighted by atomic mass is 9.88. The van der Waals surface area contributed by atoms with Crippen LogP contribution in [0.25, 0.3) is 0 Å². The molecule has 2 heterocycles. The highest BCUT2D eigenvalue weighted by Crippen LogP contribution is 2.25. The lowest BCUT2D eigenvalue weighted by molar-refractivity contribution is -0.133. The number of amides is 2. The quantitative estimate of drug-likeness (QED) is 0.797. The third kappa shape index (κ3) is 4.66. The van der Waals surface area contributed by atoms with Gasteiger partial charge in [0.25, 0.3) is 0 Å². The summed E-state index contributed by atoms with van der Waals surface area (Å²) in [5.74, 6) is 0.619. The van der Waals surface area contributed by atoms with Crippen molar-refractivity contribution in [2.75, 3.05) is 26.2 Å². The Kier molecular flexibility index (Phi) is 6.58. The van der Waals surface area contributed by atoms with Crippen molar-refractivity contribution in [2.24, 2.45) is 5.92 Å². The van der Waals surface area contributed by atoms with E-state index in [4.69, 9.17) is 0 Å². The van der Waals surface area contributed by atoms with Crippen LogP contribution in [-0.2, 0) is 9.59 Å². The number of likely N-dealkylation sites (tertiary alicyclic amines) is 1. The first-order valence-electron chi connectivity index (χ1n) is 6.92. The molecule has 19 heavy (non-hydrogen) atoms. The van der Waals surface area contributed by atoms with Gasteiger partial charge in [-0.05, 0) is 38.1 Å². The van der Waals surface area contributed by atoms with Crippen LogP contribution in [-0.4, -0.2) is 48.9 Å². The minimum absolute atomic E-state index is 0. The fourth-order valence-corrected chi connectivity index (χ4v) is 2.98. The van der Waals surface area contributed by atoms with Crippen LogP contribution in [0.4, 0.5) is 0 Å². The van der Waals surface area contributed by atoms with Crippen molar-refractivity contribution in [3.63, 3.8) is 0 Å². The summed E-state index contributed by atoms with van der Waals surface area (Å²) in [6.07, 6.45) is 4.74. The van der Waals surface area contributed by atoms with Gasteiger partial charge in [-0.3, -0.25) is 9.59 Å². The van der Waals surface area contributed by atoms with Gasteiger partial charge < -0.3 is 15.5 Å². The van der Waals surface area contributed by atoms with Crippen LogP contribution in [0.1, 0.15) is 32.6 Å². The Morgan fingerprint density at radius 1 is 1.26 bits per heavy atom. The summed E-state index contributed by atoms with van der Waals surface area (Å²) in [5, 5.41) is 6.12. The number of halogens is 1. The average molecular weight is 290 g/mol. The highest BCUT2D eigenvalue weighted by Gasteiger charge is 2.29. The molecule has 2 fully saturated rings. The number of nitrogens with zero attached hydrogens (tertiary/aromatic N) is 1. The van der Waals surface area contributed by atoms with E-state index in [0.717, 1.165) is 38.4 Å². The molecule has 2 aliphatic rings. The highest BCUT2D eigenvalue weighted by atomic mass is 35.5. The van der Waals surface area contributed by atoms with Crippen molar-refractivity contribution in [3.8, 4) is 0 Å². The van der Waals surface area contributed by atoms with E-state index in [0.29, 0.717) is 6.04 Å². The van der Waals surface area contributed by atoms with Crippen LogP contribution >= 0.6 is 12.4 Å². The van der Waals surface area contributed by atoms with Crippen LogP contribution in [0.3, 0.4) is 0 Å². The first-order chi connectivity index (χ1) is 8.66. The van der Waals surface area contributed by atoms with E-state index in [1.165, 1.54) is 19.8 Å². The Hall–Kier alpha value is -0.810. The fraction of sp³-hybridized carbons (Fsp3) is 0.846. The maximum absolute atomic E-state index is 11.8. The summed E-state index contributed by atoms with van der Waals surface area (Å²) >= 11 is 0. The van der Waals surface area contributed by atoms with Gasteiger partial charge in [0.2, 0.25) is 11.8 Å². The maximum atomic E-state index is 11.8. The van der Waals surface area contributed by atoms with Crippen LogP contribution < -0.4 is 10.6 Å². The summed E-state index contributed by atoms with van der Waals surface area (Å²) in [7, 11) is 0. The molecular weight excluding hydrogens is 266 g/mol. The largest absolute Gasteiger partial charge is 0.347 e. The van der Waals surface area contributed by atoms with Crippen molar-refractivity contribution < 1.29 is 9.59 Å². The molecular formula is C13H24ClN3O2. The van der Waals surface area contributed by atoms with Gasteiger partial charge in [0.05, 0.1) is 6.54 Å². The van der Waals surface area contributed by atoms with Crippen LogP contribution in [0.15, 0.2) is 0 Å². The Morgan fingerprint density at radius 2 is 1.95 bits per heavy atom. The summed E-state index contributed by atoms with van der Waals surface area (Å²) in [6.45, 7) is 4.39. The number of rotatable bonds is 3. The normalized spacial score (nSPS) is 23.8. The minimum atomic E-state index is -0.145. The lowest BCUT2D eigenvalue weighted by Crippen LogP contribution is -2.46. The predicted octanol–water partition coefficient (Wildman–Crippen LogP) is 0.535. The molecule has 2 amide bonds. The van der Waals surface area contributed by atoms with Crippen LogP contribution in [0.5, 0.6) is 0 Å². The number of piperidine rings is 1. The van der Waals surface area contributed by atoms with Gasteiger partial charge in [0, 0.05) is 26.1 Å². The van der Waals surface area contributed by atoms with Gasteiger partial charge in [0.15, 0.2) is 0 Å². The van der Waals surface area contributed by atoms with Crippen molar-refractivity contribution in [1.82, 2.24) is 15.5 Å². The molecule has 0 aromatic carbocycles. The molecule has 1 atom stereocenters. The van der Waals surface area contributed by atoms with E-state index < -0.39 is 0 Å². The van der Waals surface area contributed by atoms with Gasteiger partial charge in [0.1, 0.15) is 0 Å². The smallest absolute Gasteiger partial charge is 0.241 e. The van der Waals surface area contributed by atoms with Crippen LogP contribution in [0, 0.1) is 5.92 Å². The number of hydrogen-bond acceptors (Lipinski definition) is 3. The van der Waals surface area contributed by atoms with Crippen LogP contribution in [0.2, 0.25) is 0 Å². The molecule has 2 saturated heterocycles. The molecule has 5 nitrogen and oxygen atoms in total. The predicted molar refractivity (Wildman–Crippen MR) is 76.3 cm³/mol. The zero-order valence-corrected chi connectivity index (χ0v) is 12.3. The first-order valence-corrected chi connectivity index (χ1v) is 6.92. The minimum Gasteiger partial charge on any atom is -0.347 e. The Morgan fingerprint density at radius 3 is 2.47 bits per heavy atom. The third-order valence-electron chi connectivity index (χ3n) is 4.05. The number of carbonyl (C=O) groups is 2. The van der Waals surface area contributed by atoms with Crippen molar-refractivity contribution in [3.05, 3.63) is 0 Å². The van der Waals surface area contributed by atoms with E-state index in [-0.39, 0.29) is 30.8 Å². The summed E-state index contributed by atoms with van der Waals surface area (Å²) in [5.41, 5.74) is 0. The second-order valence-electron chi connectivity index (χ2n) is 5.33. The number of hydrogen-bond donors (Lipinski definition) is 2. The summed E-state index contributed by atoms with van der Waals surface area (Å²) < 4.78 is 0. The fourth-order valence-electron chi connectivity index (χ4n) is 2.98. The molecule has 6 heteroatoms. The summed E-state index contributed by atoms with van der Waals surface area (Å²) in [6, 6.07) is 0.664. The molecule has 2 rings (SSSR count). The summed E-state index contributed by atoms with van der Waals surface area (Å²) in [4.78, 5) is 24.5. The molecule has 110 valence electrons. The lowest BCUT2D eigenvalue weighted by Gasteiger charge is -2.35. The van der Waals surface area contributed by atoms with E-state index in [1.807, 2.05) is 4.90 Å². The zero-order valence-electron chi connectivity index (χ0n) is 11.5. The number of nitrogens with one attached hydrogen (secondary N) is 2. The second kappa shape index (κ2) is 7.70. The molecule has 0 bridgehead atoms. The standard InChI is InChI=1S/C13H23N3O2.ClH/c1-10(17)15-9-13(18)16-7-4-11(5-8-16)12-3-2-6-14-12;/h11-12,14H,2-9H2,1H3,(H,15,17);1H. The topological polar surface area (TPSA) is 61.4 Å². The Balaban J connectivity index is 0.00000180. The van der Waals surface area contributed by atoms with E-state index in [9.17, 15) is 9.59 Å².